The maximum atomic E-state index is 12.3. The Bertz CT molecular complexity index is 976. The highest BCUT2D eigenvalue weighted by molar-refractivity contribution is 5.88. The molecule has 25 heavy (non-hydrogen) atoms. The molecule has 0 unspecified atom stereocenters. The molecule has 5 nitrogen and oxygen atoms in total. The monoisotopic (exact) mass is 334 g/mol. The van der Waals surface area contributed by atoms with Crippen molar-refractivity contribution in [2.75, 3.05) is 5.32 Å². The zero-order valence-electron chi connectivity index (χ0n) is 13.8. The summed E-state index contributed by atoms with van der Waals surface area (Å²) in [6.07, 6.45) is 1.76. The smallest absolute Gasteiger partial charge is 0.255 e. The first-order chi connectivity index (χ1) is 12.1. The molecule has 0 saturated heterocycles. The van der Waals surface area contributed by atoms with Crippen LogP contribution >= 0.6 is 0 Å². The largest absolute Gasteiger partial charge is 0.392 e. The fourth-order valence-corrected chi connectivity index (χ4v) is 2.65. The Morgan fingerprint density at radius 2 is 1.84 bits per heavy atom. The van der Waals surface area contributed by atoms with Gasteiger partial charge in [0.2, 0.25) is 5.91 Å². The summed E-state index contributed by atoms with van der Waals surface area (Å²) >= 11 is 0. The summed E-state index contributed by atoms with van der Waals surface area (Å²) in [5, 5.41) is 12.0. The van der Waals surface area contributed by atoms with Crippen LogP contribution in [0.3, 0.4) is 0 Å². The van der Waals surface area contributed by atoms with Crippen molar-refractivity contribution in [3.05, 3.63) is 82.8 Å². The first-order valence-corrected chi connectivity index (χ1v) is 7.88. The lowest BCUT2D eigenvalue weighted by Crippen LogP contribution is -2.17. The second-order valence-corrected chi connectivity index (χ2v) is 5.72. The number of nitrogens with zero attached hydrogens (tertiary/aromatic N) is 1. The van der Waals surface area contributed by atoms with Gasteiger partial charge in [0, 0.05) is 24.9 Å². The molecule has 0 spiro atoms. The predicted octanol–water partition coefficient (Wildman–Crippen LogP) is 2.96. The molecule has 5 heteroatoms. The van der Waals surface area contributed by atoms with Crippen LogP contribution in [0.1, 0.15) is 12.5 Å². The first-order valence-electron chi connectivity index (χ1n) is 7.88. The third-order valence-corrected chi connectivity index (χ3v) is 3.80. The van der Waals surface area contributed by atoms with Crippen molar-refractivity contribution in [2.45, 2.75) is 13.5 Å². The highest BCUT2D eigenvalue weighted by atomic mass is 16.3. The van der Waals surface area contributed by atoms with E-state index in [2.05, 4.69) is 5.32 Å². The number of aromatic nitrogens is 1. The van der Waals surface area contributed by atoms with Gasteiger partial charge in [-0.3, -0.25) is 14.2 Å². The normalized spacial score (nSPS) is 10.5. The maximum Gasteiger partial charge on any atom is 0.255 e. The van der Waals surface area contributed by atoms with Crippen molar-refractivity contribution in [3.8, 4) is 16.8 Å². The minimum absolute atomic E-state index is 0.0355. The van der Waals surface area contributed by atoms with Crippen molar-refractivity contribution >= 4 is 11.6 Å². The molecule has 0 aliphatic rings. The molecule has 0 saturated carbocycles. The molecule has 3 rings (SSSR count). The fourth-order valence-electron chi connectivity index (χ4n) is 2.65. The molecule has 1 aromatic heterocycles. The zero-order chi connectivity index (χ0) is 17.8. The van der Waals surface area contributed by atoms with E-state index >= 15 is 0 Å². The zero-order valence-corrected chi connectivity index (χ0v) is 13.8. The quantitative estimate of drug-likeness (QED) is 0.770. The summed E-state index contributed by atoms with van der Waals surface area (Å²) < 4.78 is 1.53. The topological polar surface area (TPSA) is 71.3 Å². The van der Waals surface area contributed by atoms with Gasteiger partial charge >= 0.3 is 0 Å². The number of hydrogen-bond acceptors (Lipinski definition) is 3. The van der Waals surface area contributed by atoms with Crippen LogP contribution in [0.4, 0.5) is 5.69 Å². The molecule has 0 aliphatic heterocycles. The SMILES string of the molecule is CC(=O)Nc1cccc(-n2cc(-c3cccc(CO)c3)ccc2=O)c1. The van der Waals surface area contributed by atoms with Gasteiger partial charge in [-0.15, -0.1) is 0 Å². The van der Waals surface area contributed by atoms with Crippen LogP contribution in [0.25, 0.3) is 16.8 Å². The maximum absolute atomic E-state index is 12.3. The number of aliphatic hydroxyl groups is 1. The van der Waals surface area contributed by atoms with Crippen LogP contribution in [0.5, 0.6) is 0 Å². The number of benzene rings is 2. The van der Waals surface area contributed by atoms with Gasteiger partial charge in [0.1, 0.15) is 0 Å². The Labute approximate surface area is 145 Å². The molecule has 1 amide bonds. The summed E-state index contributed by atoms with van der Waals surface area (Å²) in [5.41, 5.74) is 3.71. The van der Waals surface area contributed by atoms with Crippen LogP contribution < -0.4 is 10.9 Å². The first kappa shape index (κ1) is 16.7. The van der Waals surface area contributed by atoms with E-state index in [1.807, 2.05) is 24.3 Å². The van der Waals surface area contributed by atoms with Gasteiger partial charge in [0.25, 0.3) is 5.56 Å². The average Bonchev–Trinajstić information content (AvgIpc) is 2.62. The van der Waals surface area contributed by atoms with Crippen LogP contribution in [0.2, 0.25) is 0 Å². The van der Waals surface area contributed by atoms with Crippen molar-refractivity contribution in [2.24, 2.45) is 0 Å². The lowest BCUT2D eigenvalue weighted by atomic mass is 10.0. The van der Waals surface area contributed by atoms with Crippen molar-refractivity contribution in [1.82, 2.24) is 4.57 Å². The lowest BCUT2D eigenvalue weighted by molar-refractivity contribution is -0.114. The Hall–Kier alpha value is -3.18. The molecule has 0 bridgehead atoms. The summed E-state index contributed by atoms with van der Waals surface area (Å²) in [4.78, 5) is 23.5. The summed E-state index contributed by atoms with van der Waals surface area (Å²) in [7, 11) is 0. The minimum Gasteiger partial charge on any atom is -0.392 e. The van der Waals surface area contributed by atoms with Gasteiger partial charge in [-0.25, -0.2) is 0 Å². The van der Waals surface area contributed by atoms with Gasteiger partial charge in [-0.2, -0.15) is 0 Å². The molecule has 126 valence electrons. The molecule has 0 radical (unpaired) electrons. The lowest BCUT2D eigenvalue weighted by Gasteiger charge is -2.11. The number of hydrogen-bond donors (Lipinski definition) is 2. The van der Waals surface area contributed by atoms with Crippen LogP contribution in [-0.4, -0.2) is 15.6 Å². The molecular formula is C20H18N2O3. The third-order valence-electron chi connectivity index (χ3n) is 3.80. The highest BCUT2D eigenvalue weighted by Gasteiger charge is 2.06. The standard InChI is InChI=1S/C20H18N2O3/c1-14(24)21-18-6-3-7-19(11-18)22-12-17(8-9-20(22)25)16-5-2-4-15(10-16)13-23/h2-12,23H,13H2,1H3,(H,21,24). The fraction of sp³-hybridized carbons (Fsp3) is 0.100. The number of carbonyl (C=O) groups is 1. The number of nitrogens with one attached hydrogen (secondary N) is 1. The molecule has 0 fully saturated rings. The summed E-state index contributed by atoms with van der Waals surface area (Å²) in [5.74, 6) is -0.168. The molecule has 2 aromatic carbocycles. The molecular weight excluding hydrogens is 316 g/mol. The van der Waals surface area contributed by atoms with Crippen molar-refractivity contribution in [1.29, 1.82) is 0 Å². The van der Waals surface area contributed by atoms with Gasteiger partial charge in [-0.05, 0) is 47.0 Å². The Morgan fingerprint density at radius 3 is 2.60 bits per heavy atom. The molecule has 3 aromatic rings. The Balaban J connectivity index is 2.05. The van der Waals surface area contributed by atoms with E-state index in [0.717, 1.165) is 16.7 Å². The van der Waals surface area contributed by atoms with Gasteiger partial charge in [0.05, 0.1) is 12.3 Å². The average molecular weight is 334 g/mol. The molecule has 0 aliphatic carbocycles. The van der Waals surface area contributed by atoms with E-state index in [1.54, 1.807) is 36.5 Å². The Morgan fingerprint density at radius 1 is 1.04 bits per heavy atom. The van der Waals surface area contributed by atoms with Crippen LogP contribution in [0.15, 0.2) is 71.7 Å². The van der Waals surface area contributed by atoms with Gasteiger partial charge < -0.3 is 10.4 Å². The van der Waals surface area contributed by atoms with Crippen LogP contribution in [-0.2, 0) is 11.4 Å². The molecule has 2 N–H and O–H groups in total. The third kappa shape index (κ3) is 3.84. The van der Waals surface area contributed by atoms with Gasteiger partial charge in [-0.1, -0.05) is 24.3 Å². The van der Waals surface area contributed by atoms with E-state index in [4.69, 9.17) is 0 Å². The second kappa shape index (κ2) is 7.15. The number of amides is 1. The van der Waals surface area contributed by atoms with Crippen molar-refractivity contribution < 1.29 is 9.90 Å². The summed E-state index contributed by atoms with van der Waals surface area (Å²) in [6, 6.07) is 17.9. The molecule has 0 atom stereocenters. The van der Waals surface area contributed by atoms with Crippen LogP contribution in [0, 0.1) is 0 Å². The number of pyridine rings is 1. The van der Waals surface area contributed by atoms with E-state index < -0.39 is 0 Å². The van der Waals surface area contributed by atoms with E-state index in [0.29, 0.717) is 11.4 Å². The summed E-state index contributed by atoms with van der Waals surface area (Å²) in [6.45, 7) is 1.40. The number of anilines is 1. The number of carbonyl (C=O) groups excluding carboxylic acids is 1. The predicted molar refractivity (Wildman–Crippen MR) is 97.7 cm³/mol. The number of rotatable bonds is 4. The van der Waals surface area contributed by atoms with Gasteiger partial charge in [0.15, 0.2) is 0 Å². The van der Waals surface area contributed by atoms with E-state index in [1.165, 1.54) is 17.6 Å². The van der Waals surface area contributed by atoms with Crippen molar-refractivity contribution in [3.63, 3.8) is 0 Å². The second-order valence-electron chi connectivity index (χ2n) is 5.72. The highest BCUT2D eigenvalue weighted by Crippen LogP contribution is 2.21. The van der Waals surface area contributed by atoms with E-state index in [9.17, 15) is 14.7 Å². The molecule has 1 heterocycles. The Kier molecular flexibility index (Phi) is 4.77. The minimum atomic E-state index is -0.168. The number of aliphatic hydroxyl groups excluding tert-OH is 1. The van der Waals surface area contributed by atoms with E-state index in [-0.39, 0.29) is 18.1 Å².